The predicted octanol–water partition coefficient (Wildman–Crippen LogP) is 7.37. The van der Waals surface area contributed by atoms with Crippen molar-refractivity contribution in [2.24, 2.45) is 0 Å². The molecule has 0 aliphatic heterocycles. The van der Waals surface area contributed by atoms with Crippen LogP contribution in [0.4, 0.5) is 0 Å². The number of hydrogen-bond donors (Lipinski definition) is 1. The number of nitrogens with zero attached hydrogens (tertiary/aromatic N) is 5. The summed E-state index contributed by atoms with van der Waals surface area (Å²) in [5.41, 5.74) is 3.58. The van der Waals surface area contributed by atoms with E-state index in [2.05, 4.69) is 75.1 Å². The summed E-state index contributed by atoms with van der Waals surface area (Å²) in [7, 11) is 0. The summed E-state index contributed by atoms with van der Waals surface area (Å²) < 4.78 is 6.39. The zero-order valence-electron chi connectivity index (χ0n) is 23.5. The van der Waals surface area contributed by atoms with Gasteiger partial charge in [0.1, 0.15) is 11.6 Å². The van der Waals surface area contributed by atoms with Crippen molar-refractivity contribution in [3.8, 4) is 11.4 Å². The van der Waals surface area contributed by atoms with Gasteiger partial charge in [0.2, 0.25) is 0 Å². The van der Waals surface area contributed by atoms with Crippen molar-refractivity contribution < 1.29 is 0 Å². The molecule has 0 aliphatic rings. The molecule has 1 N–H and O–H groups in total. The molecule has 0 aliphatic carbocycles. The number of aromatic amines is 1. The molecule has 0 spiro atoms. The summed E-state index contributed by atoms with van der Waals surface area (Å²) in [5.74, 6) is 1.31. The second-order valence-corrected chi connectivity index (χ2v) is 11.7. The topological polar surface area (TPSA) is 90.5 Å². The van der Waals surface area contributed by atoms with Gasteiger partial charge in [-0.3, -0.25) is 9.55 Å². The summed E-state index contributed by atoms with van der Waals surface area (Å²) in [6.45, 7) is 4.12. The maximum atomic E-state index is 12.5. The third kappa shape index (κ3) is 9.09. The largest absolute Gasteiger partial charge is 0.351 e. The fraction of sp³-hybridized carbons (Fsp3) is 0.125. The molecule has 0 fully saturated rings. The van der Waals surface area contributed by atoms with Crippen molar-refractivity contribution >= 4 is 47.8 Å². The van der Waals surface area contributed by atoms with E-state index in [1.165, 1.54) is 14.9 Å². The number of H-pyrrole nitrogens is 1. The molecule has 6 rings (SSSR count). The van der Waals surface area contributed by atoms with E-state index in [9.17, 15) is 9.59 Å². The molecule has 4 aromatic carbocycles. The average molecular weight is 769 g/mol. The lowest BCUT2D eigenvalue weighted by molar-refractivity contribution is 0.723. The third-order valence-corrected chi connectivity index (χ3v) is 7.81. The fourth-order valence-corrected chi connectivity index (χ4v) is 4.85. The van der Waals surface area contributed by atoms with Gasteiger partial charge >= 0.3 is 11.4 Å². The van der Waals surface area contributed by atoms with Gasteiger partial charge in [0.05, 0.1) is 17.9 Å². The van der Waals surface area contributed by atoms with Crippen molar-refractivity contribution in [2.45, 2.75) is 25.7 Å². The Morgan fingerprint density at radius 3 is 1.58 bits per heavy atom. The van der Waals surface area contributed by atoms with E-state index in [0.717, 1.165) is 31.2 Å². The lowest BCUT2D eigenvalue weighted by Gasteiger charge is -2.02. The van der Waals surface area contributed by atoms with Gasteiger partial charge in [0, 0.05) is 14.3 Å². The number of aryl methyl sites for hydroxylation is 2. The zero-order chi connectivity index (χ0) is 30.8. The lowest BCUT2D eigenvalue weighted by Crippen LogP contribution is -2.24. The monoisotopic (exact) mass is 766 g/mol. The summed E-state index contributed by atoms with van der Waals surface area (Å²) in [6, 6.07) is 35.1. The van der Waals surface area contributed by atoms with Gasteiger partial charge < -0.3 is 0 Å². The molecular weight excluding hydrogens is 740 g/mol. The SMILES string of the molecule is BrCc1ccccc1.Cc1nn(-c2ccc(Br)cc2)c(=O)[nH]1.Cc1nn(-c2ccc(Br)cc2)c(=O)n1Cc1ccccc1. The molecule has 0 radical (unpaired) electrons. The number of alkyl halides is 1. The zero-order valence-corrected chi connectivity index (χ0v) is 28.3. The van der Waals surface area contributed by atoms with Gasteiger partial charge in [-0.2, -0.15) is 19.6 Å². The summed E-state index contributed by atoms with van der Waals surface area (Å²) in [4.78, 5) is 26.5. The number of rotatable bonds is 5. The van der Waals surface area contributed by atoms with E-state index in [1.54, 1.807) is 11.5 Å². The maximum Gasteiger partial charge on any atom is 0.351 e. The van der Waals surface area contributed by atoms with Crippen LogP contribution in [0.25, 0.3) is 11.4 Å². The summed E-state index contributed by atoms with van der Waals surface area (Å²) in [5, 5.41) is 9.35. The van der Waals surface area contributed by atoms with Crippen LogP contribution in [-0.4, -0.2) is 29.1 Å². The third-order valence-electron chi connectivity index (χ3n) is 6.10. The molecule has 6 aromatic rings. The van der Waals surface area contributed by atoms with Crippen molar-refractivity contribution in [3.63, 3.8) is 0 Å². The van der Waals surface area contributed by atoms with Gasteiger partial charge in [0.15, 0.2) is 0 Å². The highest BCUT2D eigenvalue weighted by atomic mass is 79.9. The van der Waals surface area contributed by atoms with Crippen LogP contribution in [-0.2, 0) is 11.9 Å². The molecule has 0 unspecified atom stereocenters. The summed E-state index contributed by atoms with van der Waals surface area (Å²) >= 11 is 10.1. The molecule has 0 bridgehead atoms. The Bertz CT molecular complexity index is 1840. The van der Waals surface area contributed by atoms with Gasteiger partial charge in [-0.05, 0) is 73.5 Å². The Kier molecular flexibility index (Phi) is 11.7. The van der Waals surface area contributed by atoms with Crippen LogP contribution in [0.15, 0.2) is 128 Å². The Labute approximate surface area is 274 Å². The van der Waals surface area contributed by atoms with Gasteiger partial charge in [-0.1, -0.05) is 108 Å². The number of aromatic nitrogens is 6. The molecular formula is C32H29Br3N6O2. The minimum Gasteiger partial charge on any atom is -0.293 e. The van der Waals surface area contributed by atoms with Crippen LogP contribution in [0.5, 0.6) is 0 Å². The number of nitrogens with one attached hydrogen (secondary N) is 1. The smallest absolute Gasteiger partial charge is 0.293 e. The molecule has 0 saturated heterocycles. The van der Waals surface area contributed by atoms with E-state index in [0.29, 0.717) is 18.2 Å². The molecule has 2 aromatic heterocycles. The van der Waals surface area contributed by atoms with Gasteiger partial charge in [-0.25, -0.2) is 9.59 Å². The highest BCUT2D eigenvalue weighted by Crippen LogP contribution is 2.13. The first-order valence-electron chi connectivity index (χ1n) is 13.2. The van der Waals surface area contributed by atoms with E-state index >= 15 is 0 Å². The van der Waals surface area contributed by atoms with Crippen LogP contribution >= 0.6 is 47.8 Å². The van der Waals surface area contributed by atoms with Crippen LogP contribution < -0.4 is 11.4 Å². The molecule has 11 heteroatoms. The highest BCUT2D eigenvalue weighted by Gasteiger charge is 2.11. The summed E-state index contributed by atoms with van der Waals surface area (Å²) in [6.07, 6.45) is 0. The second-order valence-electron chi connectivity index (χ2n) is 9.31. The first-order valence-corrected chi connectivity index (χ1v) is 15.9. The van der Waals surface area contributed by atoms with E-state index in [-0.39, 0.29) is 11.4 Å². The van der Waals surface area contributed by atoms with Gasteiger partial charge in [0.25, 0.3) is 0 Å². The average Bonchev–Trinajstić information content (AvgIpc) is 3.51. The van der Waals surface area contributed by atoms with Crippen LogP contribution in [0.2, 0.25) is 0 Å². The highest BCUT2D eigenvalue weighted by molar-refractivity contribution is 9.10. The Hall–Kier alpha value is -3.80. The Morgan fingerprint density at radius 1 is 0.651 bits per heavy atom. The van der Waals surface area contributed by atoms with E-state index in [4.69, 9.17) is 0 Å². The predicted molar refractivity (Wildman–Crippen MR) is 181 cm³/mol. The minimum atomic E-state index is -0.218. The molecule has 0 amide bonds. The van der Waals surface area contributed by atoms with Gasteiger partial charge in [-0.15, -0.1) is 0 Å². The first-order chi connectivity index (χ1) is 20.7. The normalized spacial score (nSPS) is 10.3. The maximum absolute atomic E-state index is 12.5. The molecule has 8 nitrogen and oxygen atoms in total. The second kappa shape index (κ2) is 15.6. The molecule has 43 heavy (non-hydrogen) atoms. The standard InChI is InChI=1S/C16H14BrN3O.C9H8BrN3O.C7H7Br/c1-12-18-20(15-9-7-14(17)8-10-15)16(21)19(12)11-13-5-3-2-4-6-13;1-6-11-9(14)13(12-6)8-4-2-7(10)3-5-8;8-6-7-4-2-1-3-5-7/h2-10H,11H2,1H3;2-5H,1H3,(H,11,12,14);1-5H,6H2. The van der Waals surface area contributed by atoms with Crippen molar-refractivity contribution in [1.29, 1.82) is 0 Å². The van der Waals surface area contributed by atoms with Crippen molar-refractivity contribution in [1.82, 2.24) is 29.1 Å². The van der Waals surface area contributed by atoms with Crippen LogP contribution in [0.1, 0.15) is 22.8 Å². The minimum absolute atomic E-state index is 0.126. The molecule has 0 saturated carbocycles. The number of halogens is 3. The quantitative estimate of drug-likeness (QED) is 0.186. The first kappa shape index (κ1) is 32.1. The van der Waals surface area contributed by atoms with Crippen LogP contribution in [0, 0.1) is 13.8 Å². The Balaban J connectivity index is 0.000000165. The van der Waals surface area contributed by atoms with Crippen molar-refractivity contribution in [3.05, 3.63) is 162 Å². The lowest BCUT2D eigenvalue weighted by atomic mass is 10.2. The van der Waals surface area contributed by atoms with Crippen LogP contribution in [0.3, 0.4) is 0 Å². The van der Waals surface area contributed by atoms with Crippen molar-refractivity contribution in [2.75, 3.05) is 0 Å². The molecule has 0 atom stereocenters. The van der Waals surface area contributed by atoms with E-state index in [1.807, 2.05) is 104 Å². The molecule has 220 valence electrons. The number of benzene rings is 4. The number of hydrogen-bond acceptors (Lipinski definition) is 4. The Morgan fingerprint density at radius 2 is 1.14 bits per heavy atom. The fourth-order valence-electron chi connectivity index (χ4n) is 3.95. The molecule has 2 heterocycles. The van der Waals surface area contributed by atoms with E-state index < -0.39 is 0 Å².